The summed E-state index contributed by atoms with van der Waals surface area (Å²) in [5.41, 5.74) is 2.44. The maximum atomic E-state index is 10.0. The first-order valence-electron chi connectivity index (χ1n) is 11.3. The maximum absolute atomic E-state index is 10.0. The molecule has 5 rings (SSSR count). The number of rotatable bonds is 8. The zero-order chi connectivity index (χ0) is 22.8. The van der Waals surface area contributed by atoms with Crippen molar-refractivity contribution in [2.75, 3.05) is 38.7 Å². The fraction of sp³-hybridized carbons (Fsp3) is 0.458. The third-order valence-electron chi connectivity index (χ3n) is 6.10. The number of nitrogens with zero attached hydrogens (tertiary/aromatic N) is 3. The van der Waals surface area contributed by atoms with Gasteiger partial charge in [-0.05, 0) is 30.8 Å². The third kappa shape index (κ3) is 4.85. The predicted molar refractivity (Wildman–Crippen MR) is 126 cm³/mol. The summed E-state index contributed by atoms with van der Waals surface area (Å²) in [4.78, 5) is 17.0. The van der Waals surface area contributed by atoms with Crippen molar-refractivity contribution in [2.45, 2.75) is 32.0 Å². The monoisotopic (exact) mass is 450 g/mol. The predicted octanol–water partition coefficient (Wildman–Crippen LogP) is 0.590. The molecule has 0 aromatic carbocycles. The Balaban J connectivity index is 1.27. The van der Waals surface area contributed by atoms with E-state index in [9.17, 15) is 5.11 Å². The van der Waals surface area contributed by atoms with Crippen molar-refractivity contribution in [3.8, 4) is 0 Å². The Kier molecular flexibility index (Phi) is 6.01. The van der Waals surface area contributed by atoms with Gasteiger partial charge in [-0.2, -0.15) is 0 Å². The molecule has 1 aliphatic carbocycles. The van der Waals surface area contributed by atoms with E-state index in [1.165, 1.54) is 0 Å². The summed E-state index contributed by atoms with van der Waals surface area (Å²) < 4.78 is 11.4. The highest BCUT2D eigenvalue weighted by molar-refractivity contribution is 6.08. The zero-order valence-corrected chi connectivity index (χ0v) is 19.0. The number of hydrogen-bond donors (Lipinski definition) is 4. The molecule has 2 aliphatic heterocycles. The van der Waals surface area contributed by atoms with Gasteiger partial charge in [0.1, 0.15) is 12.0 Å². The number of nitrogens with one attached hydrogen (secondary N) is 3. The molecular weight excluding hydrogens is 420 g/mol. The summed E-state index contributed by atoms with van der Waals surface area (Å²) in [5.74, 6) is 1.50. The van der Waals surface area contributed by atoms with Crippen LogP contribution in [0.3, 0.4) is 0 Å². The fourth-order valence-corrected chi connectivity index (χ4v) is 4.11. The summed E-state index contributed by atoms with van der Waals surface area (Å²) in [6, 6.07) is 3.88. The van der Waals surface area contributed by atoms with Crippen LogP contribution in [0.15, 0.2) is 35.2 Å². The number of aromatic amines is 1. The van der Waals surface area contributed by atoms with E-state index in [1.54, 1.807) is 13.2 Å². The molecule has 0 saturated carbocycles. The highest BCUT2D eigenvalue weighted by Gasteiger charge is 2.34. The molecule has 3 aliphatic rings. The number of H-pyrrole nitrogens is 1. The Hall–Kier alpha value is -3.01. The van der Waals surface area contributed by atoms with E-state index in [0.29, 0.717) is 19.1 Å². The number of aliphatic hydroxyl groups excluding tert-OH is 1. The van der Waals surface area contributed by atoms with Crippen LogP contribution in [0.4, 0.5) is 5.95 Å². The lowest BCUT2D eigenvalue weighted by atomic mass is 9.90. The molecular formula is C24H30N6O3. The standard InChI is InChI=1S/C24H30N6O3/c1-24(12-32-13-24)14-33-17-5-7-26-20(11-17)19-6-8-27-23(30-19)28-16-3-4-18-15(9-16)10-21(29-18)22(31)25-2/h4,6,8-11,16,22,25,29,31H,3,5,7,12-14H2,1-2H3,(H,27,28,30). The van der Waals surface area contributed by atoms with Crippen LogP contribution in [0.2, 0.25) is 0 Å². The van der Waals surface area contributed by atoms with Gasteiger partial charge in [0.25, 0.3) is 0 Å². The van der Waals surface area contributed by atoms with Crippen LogP contribution < -0.4 is 21.2 Å². The molecule has 0 spiro atoms. The largest absolute Gasteiger partial charge is 0.497 e. The Morgan fingerprint density at radius 2 is 2.27 bits per heavy atom. The SMILES string of the molecule is CNC(O)c1cc2c([nH]1)=CCC(Nc1nccc(C3=NCCC(OCC4(C)COC4)=C3)n1)C=2. The van der Waals surface area contributed by atoms with Gasteiger partial charge in [-0.25, -0.2) is 9.97 Å². The van der Waals surface area contributed by atoms with Crippen LogP contribution >= 0.6 is 0 Å². The molecule has 4 heterocycles. The summed E-state index contributed by atoms with van der Waals surface area (Å²) in [5, 5.41) is 18.3. The number of aliphatic imine (C=N–C) groups is 1. The van der Waals surface area contributed by atoms with Gasteiger partial charge in [0.2, 0.25) is 5.95 Å². The molecule has 9 nitrogen and oxygen atoms in total. The van der Waals surface area contributed by atoms with E-state index in [2.05, 4.69) is 44.7 Å². The van der Waals surface area contributed by atoms with Crippen molar-refractivity contribution in [3.05, 3.63) is 52.1 Å². The normalized spacial score (nSPS) is 22.0. The Bertz CT molecular complexity index is 1200. The number of fused-ring (bicyclic) bond motifs is 1. The first kappa shape index (κ1) is 21.8. The Morgan fingerprint density at radius 1 is 1.39 bits per heavy atom. The van der Waals surface area contributed by atoms with Crippen molar-refractivity contribution in [1.82, 2.24) is 20.3 Å². The molecule has 1 saturated heterocycles. The van der Waals surface area contributed by atoms with Crippen LogP contribution in [0.5, 0.6) is 0 Å². The Labute approximate surface area is 192 Å². The first-order chi connectivity index (χ1) is 16.0. The highest BCUT2D eigenvalue weighted by atomic mass is 16.5. The topological polar surface area (TPSA) is 117 Å². The van der Waals surface area contributed by atoms with Gasteiger partial charge >= 0.3 is 0 Å². The fourth-order valence-electron chi connectivity index (χ4n) is 4.11. The van der Waals surface area contributed by atoms with Crippen LogP contribution in [-0.4, -0.2) is 65.2 Å². The first-order valence-corrected chi connectivity index (χ1v) is 11.3. The number of aliphatic hydroxyl groups is 1. The van der Waals surface area contributed by atoms with Gasteiger partial charge in [-0.1, -0.05) is 19.1 Å². The lowest BCUT2D eigenvalue weighted by Gasteiger charge is -2.37. The van der Waals surface area contributed by atoms with Crippen LogP contribution in [-0.2, 0) is 9.47 Å². The van der Waals surface area contributed by atoms with Crippen molar-refractivity contribution < 1.29 is 14.6 Å². The van der Waals surface area contributed by atoms with Crippen molar-refractivity contribution in [1.29, 1.82) is 0 Å². The van der Waals surface area contributed by atoms with E-state index < -0.39 is 6.23 Å². The van der Waals surface area contributed by atoms with Gasteiger partial charge in [0.15, 0.2) is 0 Å². The molecule has 2 unspecified atom stereocenters. The molecule has 2 aromatic rings. The van der Waals surface area contributed by atoms with Crippen molar-refractivity contribution >= 4 is 23.8 Å². The molecule has 0 bridgehead atoms. The number of aromatic nitrogens is 3. The van der Waals surface area contributed by atoms with Gasteiger partial charge < -0.3 is 24.9 Å². The number of hydrogen-bond acceptors (Lipinski definition) is 8. The van der Waals surface area contributed by atoms with E-state index >= 15 is 0 Å². The molecule has 1 fully saturated rings. The van der Waals surface area contributed by atoms with Crippen LogP contribution in [0, 0.1) is 5.41 Å². The highest BCUT2D eigenvalue weighted by Crippen LogP contribution is 2.28. The summed E-state index contributed by atoms with van der Waals surface area (Å²) in [6.07, 6.45) is 8.85. The smallest absolute Gasteiger partial charge is 0.223 e. The van der Waals surface area contributed by atoms with Gasteiger partial charge in [0, 0.05) is 36.0 Å². The summed E-state index contributed by atoms with van der Waals surface area (Å²) in [7, 11) is 1.72. The quantitative estimate of drug-likeness (QED) is 0.435. The minimum atomic E-state index is -0.716. The second kappa shape index (κ2) is 9.09. The molecule has 0 amide bonds. The molecule has 4 N–H and O–H groups in total. The van der Waals surface area contributed by atoms with Crippen molar-refractivity contribution in [2.24, 2.45) is 10.4 Å². The number of allylic oxidation sites excluding steroid dienone is 1. The molecule has 9 heteroatoms. The molecule has 33 heavy (non-hydrogen) atoms. The lowest BCUT2D eigenvalue weighted by molar-refractivity contribution is -0.130. The maximum Gasteiger partial charge on any atom is 0.223 e. The van der Waals surface area contributed by atoms with E-state index in [0.717, 1.165) is 59.5 Å². The van der Waals surface area contributed by atoms with E-state index in [-0.39, 0.29) is 11.5 Å². The lowest BCUT2D eigenvalue weighted by Crippen LogP contribution is -2.43. The summed E-state index contributed by atoms with van der Waals surface area (Å²) in [6.45, 7) is 5.02. The molecule has 2 aromatic heterocycles. The molecule has 174 valence electrons. The number of dihydropyridines is 1. The minimum Gasteiger partial charge on any atom is -0.497 e. The number of ether oxygens (including phenoxy) is 2. The van der Waals surface area contributed by atoms with Crippen molar-refractivity contribution in [3.63, 3.8) is 0 Å². The van der Waals surface area contributed by atoms with E-state index in [1.807, 2.05) is 18.2 Å². The summed E-state index contributed by atoms with van der Waals surface area (Å²) >= 11 is 0. The molecule has 2 atom stereocenters. The van der Waals surface area contributed by atoms with E-state index in [4.69, 9.17) is 14.5 Å². The second-order valence-electron chi connectivity index (χ2n) is 9.13. The van der Waals surface area contributed by atoms with Crippen LogP contribution in [0.25, 0.3) is 12.2 Å². The Morgan fingerprint density at radius 3 is 3.06 bits per heavy atom. The zero-order valence-electron chi connectivity index (χ0n) is 19.0. The van der Waals surface area contributed by atoms with Gasteiger partial charge in [-0.3, -0.25) is 10.3 Å². The minimum absolute atomic E-state index is 0.0521. The third-order valence-corrected chi connectivity index (χ3v) is 6.10. The number of anilines is 1. The average molecular weight is 451 g/mol. The van der Waals surface area contributed by atoms with Gasteiger partial charge in [-0.15, -0.1) is 0 Å². The molecule has 0 radical (unpaired) electrons. The van der Waals surface area contributed by atoms with Crippen LogP contribution in [0.1, 0.15) is 37.4 Å². The average Bonchev–Trinajstić information content (AvgIpc) is 3.25. The second-order valence-corrected chi connectivity index (χ2v) is 9.13. The van der Waals surface area contributed by atoms with Gasteiger partial charge in [0.05, 0.1) is 43.0 Å².